The van der Waals surface area contributed by atoms with Gasteiger partial charge in [0.15, 0.2) is 5.17 Å². The molecule has 28 heavy (non-hydrogen) atoms. The van der Waals surface area contributed by atoms with Gasteiger partial charge in [0.2, 0.25) is 5.91 Å². The quantitative estimate of drug-likeness (QED) is 0.419. The van der Waals surface area contributed by atoms with Crippen molar-refractivity contribution in [2.75, 3.05) is 6.61 Å². The molecule has 1 aliphatic heterocycles. The molecule has 0 aromatic heterocycles. The molecule has 1 N–H and O–H groups in total. The fourth-order valence-electron chi connectivity index (χ4n) is 2.72. The summed E-state index contributed by atoms with van der Waals surface area (Å²) < 4.78 is 5.59. The molecule has 0 bridgehead atoms. The molecule has 3 rings (SSSR count). The van der Waals surface area contributed by atoms with Crippen molar-refractivity contribution in [2.24, 2.45) is 10.2 Å². The average molecular weight is 394 g/mol. The van der Waals surface area contributed by atoms with Crippen molar-refractivity contribution in [3.8, 4) is 5.75 Å². The Hall–Kier alpha value is -2.86. The summed E-state index contributed by atoms with van der Waals surface area (Å²) in [6.07, 6.45) is 4.99. The Morgan fingerprint density at radius 1 is 1.18 bits per heavy atom. The van der Waals surface area contributed by atoms with Gasteiger partial charge in [0.05, 0.1) is 11.5 Å². The van der Waals surface area contributed by atoms with Gasteiger partial charge in [-0.1, -0.05) is 67.7 Å². The molecular formula is C22H23N3O2S. The van der Waals surface area contributed by atoms with E-state index in [2.05, 4.69) is 53.3 Å². The number of carbonyl (C=O) groups excluding carboxylic acids is 1. The third-order valence-electron chi connectivity index (χ3n) is 4.25. The van der Waals surface area contributed by atoms with Crippen molar-refractivity contribution >= 4 is 29.1 Å². The Balaban J connectivity index is 1.62. The smallest absolute Gasteiger partial charge is 0.239 e. The second-order valence-electron chi connectivity index (χ2n) is 6.26. The molecule has 1 unspecified atom stereocenters. The summed E-state index contributed by atoms with van der Waals surface area (Å²) in [5.41, 5.74) is 3.25. The maximum atomic E-state index is 12.2. The number of ether oxygens (including phenoxy) is 1. The van der Waals surface area contributed by atoms with E-state index in [1.165, 1.54) is 17.3 Å². The molecule has 1 heterocycles. The Bertz CT molecular complexity index is 891. The van der Waals surface area contributed by atoms with Crippen LogP contribution in [0.5, 0.6) is 5.75 Å². The third kappa shape index (κ3) is 5.33. The fourth-order valence-corrected chi connectivity index (χ4v) is 3.69. The minimum Gasteiger partial charge on any atom is -0.489 e. The molecule has 0 spiro atoms. The minimum atomic E-state index is -0.190. The molecule has 1 aliphatic rings. The van der Waals surface area contributed by atoms with Gasteiger partial charge >= 0.3 is 0 Å². The Morgan fingerprint density at radius 3 is 2.68 bits per heavy atom. The van der Waals surface area contributed by atoms with E-state index in [9.17, 15) is 4.79 Å². The van der Waals surface area contributed by atoms with E-state index >= 15 is 0 Å². The van der Waals surface area contributed by atoms with E-state index in [1.807, 2.05) is 24.3 Å². The molecule has 144 valence electrons. The first kappa shape index (κ1) is 19.9. The van der Waals surface area contributed by atoms with E-state index in [4.69, 9.17) is 4.74 Å². The zero-order valence-corrected chi connectivity index (χ0v) is 16.6. The van der Waals surface area contributed by atoms with Crippen LogP contribution in [0.3, 0.4) is 0 Å². The maximum Gasteiger partial charge on any atom is 0.239 e. The highest BCUT2D eigenvalue weighted by atomic mass is 32.2. The number of rotatable bonds is 8. The Kier molecular flexibility index (Phi) is 7.03. The van der Waals surface area contributed by atoms with Crippen molar-refractivity contribution in [1.82, 2.24) is 5.32 Å². The molecule has 6 heteroatoms. The third-order valence-corrected chi connectivity index (χ3v) is 5.32. The molecule has 0 aliphatic carbocycles. The number of aryl methyl sites for hydroxylation is 1. The predicted molar refractivity (Wildman–Crippen MR) is 116 cm³/mol. The second-order valence-corrected chi connectivity index (χ2v) is 7.45. The van der Waals surface area contributed by atoms with Crippen LogP contribution < -0.4 is 10.1 Å². The normalized spacial score (nSPS) is 17.8. The summed E-state index contributed by atoms with van der Waals surface area (Å²) in [5, 5.41) is 11.4. The van der Waals surface area contributed by atoms with Crippen LogP contribution in [0.4, 0.5) is 0 Å². The number of para-hydroxylation sites is 1. The molecule has 5 nitrogen and oxygen atoms in total. The van der Waals surface area contributed by atoms with Crippen LogP contribution in [0.25, 0.3) is 0 Å². The average Bonchev–Trinajstić information content (AvgIpc) is 3.07. The first-order valence-corrected chi connectivity index (χ1v) is 10.1. The summed E-state index contributed by atoms with van der Waals surface area (Å²) in [6.45, 7) is 6.20. The SMILES string of the molecule is C=CCOc1ccccc1C=N/N=C1/NC(=O)C(Cc2ccc(CC)cc2)S1. The lowest BCUT2D eigenvalue weighted by Crippen LogP contribution is -2.25. The van der Waals surface area contributed by atoms with Crippen molar-refractivity contribution in [1.29, 1.82) is 0 Å². The summed E-state index contributed by atoms with van der Waals surface area (Å²) in [7, 11) is 0. The van der Waals surface area contributed by atoms with Crippen molar-refractivity contribution < 1.29 is 9.53 Å². The largest absolute Gasteiger partial charge is 0.489 e. The van der Waals surface area contributed by atoms with Crippen LogP contribution in [-0.4, -0.2) is 29.1 Å². The molecule has 0 saturated carbocycles. The fraction of sp³-hybridized carbons (Fsp3) is 0.227. The molecule has 2 aromatic rings. The standard InChI is InChI=1S/C22H23N3O2S/c1-3-13-27-19-8-6-5-7-18(19)15-23-25-22-24-21(26)20(28-22)14-17-11-9-16(4-2)10-12-17/h3,5-12,15,20H,1,4,13-14H2,2H3,(H,24,25,26). The van der Waals surface area contributed by atoms with Crippen molar-refractivity contribution in [2.45, 2.75) is 25.0 Å². The van der Waals surface area contributed by atoms with Crippen LogP contribution in [0.2, 0.25) is 0 Å². The van der Waals surface area contributed by atoms with E-state index in [0.717, 1.165) is 17.5 Å². The lowest BCUT2D eigenvalue weighted by atomic mass is 10.1. The van der Waals surface area contributed by atoms with Gasteiger partial charge in [-0.15, -0.1) is 5.10 Å². The van der Waals surface area contributed by atoms with Gasteiger partial charge in [-0.2, -0.15) is 5.10 Å². The van der Waals surface area contributed by atoms with E-state index in [0.29, 0.717) is 23.9 Å². The number of amidine groups is 1. The number of nitrogens with zero attached hydrogens (tertiary/aromatic N) is 2. The van der Waals surface area contributed by atoms with Crippen molar-refractivity contribution in [3.05, 3.63) is 77.9 Å². The monoisotopic (exact) mass is 393 g/mol. The highest BCUT2D eigenvalue weighted by Crippen LogP contribution is 2.24. The number of amides is 1. The molecule has 1 fully saturated rings. The number of hydrogen-bond acceptors (Lipinski definition) is 5. The van der Waals surface area contributed by atoms with Gasteiger partial charge in [-0.05, 0) is 36.1 Å². The highest BCUT2D eigenvalue weighted by Gasteiger charge is 2.30. The summed E-state index contributed by atoms with van der Waals surface area (Å²) in [6, 6.07) is 15.9. The van der Waals surface area contributed by atoms with Gasteiger partial charge in [0.25, 0.3) is 0 Å². The summed E-state index contributed by atoms with van der Waals surface area (Å²) in [5.74, 6) is 0.677. The van der Waals surface area contributed by atoms with Gasteiger partial charge in [0.1, 0.15) is 12.4 Å². The summed E-state index contributed by atoms with van der Waals surface area (Å²) in [4.78, 5) is 12.2. The molecule has 2 aromatic carbocycles. The number of carbonyl (C=O) groups is 1. The number of nitrogens with one attached hydrogen (secondary N) is 1. The number of hydrogen-bond donors (Lipinski definition) is 1. The van der Waals surface area contributed by atoms with Crippen LogP contribution in [0, 0.1) is 0 Å². The first-order valence-electron chi connectivity index (χ1n) is 9.18. The maximum absolute atomic E-state index is 12.2. The Morgan fingerprint density at radius 2 is 1.93 bits per heavy atom. The highest BCUT2D eigenvalue weighted by molar-refractivity contribution is 8.15. The second kappa shape index (κ2) is 9.90. The van der Waals surface area contributed by atoms with Gasteiger partial charge in [-0.3, -0.25) is 4.79 Å². The molecule has 1 atom stereocenters. The topological polar surface area (TPSA) is 63.1 Å². The van der Waals surface area contributed by atoms with Gasteiger partial charge < -0.3 is 10.1 Å². The van der Waals surface area contributed by atoms with Crippen LogP contribution in [-0.2, 0) is 17.6 Å². The van der Waals surface area contributed by atoms with Crippen LogP contribution in [0.15, 0.2) is 71.4 Å². The van der Waals surface area contributed by atoms with Gasteiger partial charge in [-0.25, -0.2) is 0 Å². The van der Waals surface area contributed by atoms with E-state index < -0.39 is 0 Å². The zero-order chi connectivity index (χ0) is 19.8. The minimum absolute atomic E-state index is 0.0340. The van der Waals surface area contributed by atoms with Crippen LogP contribution in [0.1, 0.15) is 23.6 Å². The van der Waals surface area contributed by atoms with Crippen LogP contribution >= 0.6 is 11.8 Å². The summed E-state index contributed by atoms with van der Waals surface area (Å²) >= 11 is 1.41. The lowest BCUT2D eigenvalue weighted by Gasteiger charge is -2.06. The number of thioether (sulfide) groups is 1. The number of benzene rings is 2. The molecule has 1 saturated heterocycles. The van der Waals surface area contributed by atoms with E-state index in [-0.39, 0.29) is 11.2 Å². The zero-order valence-electron chi connectivity index (χ0n) is 15.8. The van der Waals surface area contributed by atoms with Gasteiger partial charge in [0, 0.05) is 5.56 Å². The van der Waals surface area contributed by atoms with Crippen molar-refractivity contribution in [3.63, 3.8) is 0 Å². The Labute approximate surface area is 169 Å². The first-order chi connectivity index (χ1) is 13.7. The van der Waals surface area contributed by atoms with E-state index in [1.54, 1.807) is 12.3 Å². The molecular weight excluding hydrogens is 370 g/mol. The lowest BCUT2D eigenvalue weighted by molar-refractivity contribution is -0.118. The molecule has 1 amide bonds. The predicted octanol–water partition coefficient (Wildman–Crippen LogP) is 3.98. The molecule has 0 radical (unpaired) electrons.